The lowest BCUT2D eigenvalue weighted by Crippen LogP contribution is -2.41. The van der Waals surface area contributed by atoms with E-state index in [0.717, 1.165) is 26.5 Å². The van der Waals surface area contributed by atoms with Gasteiger partial charge in [-0.1, -0.05) is 54.6 Å². The van der Waals surface area contributed by atoms with E-state index in [2.05, 4.69) is 43.9 Å². The highest BCUT2D eigenvalue weighted by atomic mass is 31.2. The van der Waals surface area contributed by atoms with Crippen LogP contribution in [0.5, 0.6) is 0 Å². The minimum Gasteiger partial charge on any atom is -0.384 e. The van der Waals surface area contributed by atoms with Crippen LogP contribution >= 0.6 is 7.14 Å². The molecule has 0 aliphatic carbocycles. The van der Waals surface area contributed by atoms with Crippen molar-refractivity contribution in [2.24, 2.45) is 0 Å². The molecule has 1 atom stereocenters. The summed E-state index contributed by atoms with van der Waals surface area (Å²) in [7, 11) is -2.82. The number of hydrogen-bond acceptors (Lipinski definition) is 7. The summed E-state index contributed by atoms with van der Waals surface area (Å²) < 4.78 is 60.0. The molecule has 3 heterocycles. The van der Waals surface area contributed by atoms with Gasteiger partial charge in [-0.15, -0.1) is 0 Å². The molecule has 0 amide bonds. The fraction of sp³-hybridized carbons (Fsp3) is 0.364. The summed E-state index contributed by atoms with van der Waals surface area (Å²) in [6, 6.07) is 14.6. The second kappa shape index (κ2) is 12.1. The summed E-state index contributed by atoms with van der Waals surface area (Å²) in [5.74, 6) is -4.27. The van der Waals surface area contributed by atoms with E-state index < -0.39 is 36.1 Å². The Morgan fingerprint density at radius 1 is 1.11 bits per heavy atom. The number of halogens is 3. The molecule has 2 aromatic carbocycles. The van der Waals surface area contributed by atoms with Crippen molar-refractivity contribution < 1.29 is 22.8 Å². The highest BCUT2D eigenvalue weighted by molar-refractivity contribution is 7.71. The summed E-state index contributed by atoms with van der Waals surface area (Å²) in [6.45, 7) is 11.3. The van der Waals surface area contributed by atoms with Crippen molar-refractivity contribution in [3.05, 3.63) is 101 Å². The van der Waals surface area contributed by atoms with Crippen LogP contribution < -0.4 is 10.8 Å². The first kappa shape index (κ1) is 31.8. The molecule has 4 aromatic rings. The summed E-state index contributed by atoms with van der Waals surface area (Å²) in [5.41, 5.74) is -0.847. The molecule has 2 aromatic heterocycles. The Morgan fingerprint density at radius 2 is 1.80 bits per heavy atom. The fourth-order valence-electron chi connectivity index (χ4n) is 5.48. The number of hydrogen-bond donors (Lipinski definition) is 2. The number of rotatable bonds is 9. The number of anilines is 1. The Morgan fingerprint density at radius 3 is 2.43 bits per heavy atom. The Bertz CT molecular complexity index is 1730. The van der Waals surface area contributed by atoms with Crippen LogP contribution in [-0.4, -0.2) is 56.0 Å². The molecule has 7 nitrogen and oxygen atoms in total. The third-order valence-electron chi connectivity index (χ3n) is 8.12. The third-order valence-corrected chi connectivity index (χ3v) is 11.0. The molecule has 44 heavy (non-hydrogen) atoms. The van der Waals surface area contributed by atoms with E-state index in [9.17, 15) is 9.67 Å². The lowest BCUT2D eigenvalue weighted by atomic mass is 9.89. The van der Waals surface area contributed by atoms with Gasteiger partial charge in [-0.25, -0.2) is 14.4 Å². The van der Waals surface area contributed by atoms with Gasteiger partial charge >= 0.3 is 5.92 Å². The van der Waals surface area contributed by atoms with Gasteiger partial charge in [0.15, 0.2) is 0 Å². The molecule has 2 N–H and O–H groups in total. The average Bonchev–Trinajstić information content (AvgIpc) is 2.97. The van der Waals surface area contributed by atoms with Crippen LogP contribution in [-0.2, 0) is 17.0 Å². The van der Waals surface area contributed by atoms with Crippen molar-refractivity contribution in [1.29, 1.82) is 0 Å². The zero-order valence-electron chi connectivity index (χ0n) is 25.3. The van der Waals surface area contributed by atoms with Crippen LogP contribution in [0.1, 0.15) is 49.3 Å². The van der Waals surface area contributed by atoms with Gasteiger partial charge in [0, 0.05) is 42.9 Å². The summed E-state index contributed by atoms with van der Waals surface area (Å²) in [5, 5.41) is 13.8. The topological polar surface area (TPSA) is 91.2 Å². The van der Waals surface area contributed by atoms with E-state index in [1.54, 1.807) is 26.1 Å². The molecular weight excluding hydrogens is 586 g/mol. The van der Waals surface area contributed by atoms with Crippen molar-refractivity contribution in [3.8, 4) is 0 Å². The van der Waals surface area contributed by atoms with Crippen LogP contribution in [0.3, 0.4) is 0 Å². The number of alkyl halides is 2. The van der Waals surface area contributed by atoms with E-state index in [-0.39, 0.29) is 5.56 Å². The number of aromatic nitrogens is 3. The maximum atomic E-state index is 15.8. The molecule has 1 saturated heterocycles. The number of aliphatic hydroxyl groups is 1. The molecule has 0 radical (unpaired) electrons. The molecule has 0 bridgehead atoms. The van der Waals surface area contributed by atoms with E-state index in [1.165, 1.54) is 17.7 Å². The maximum Gasteiger partial charge on any atom is 0.303 e. The highest BCUT2D eigenvalue weighted by Gasteiger charge is 2.49. The monoisotopic (exact) mass is 623 g/mol. The number of fused-ring (bicyclic) bond motifs is 1. The minimum atomic E-state index is -3.85. The molecule has 0 unspecified atom stereocenters. The van der Waals surface area contributed by atoms with Crippen LogP contribution in [0.15, 0.2) is 72.9 Å². The summed E-state index contributed by atoms with van der Waals surface area (Å²) >= 11 is 0. The van der Waals surface area contributed by atoms with Gasteiger partial charge in [-0.3, -0.25) is 9.88 Å². The van der Waals surface area contributed by atoms with Gasteiger partial charge in [0.05, 0.1) is 23.3 Å². The van der Waals surface area contributed by atoms with Crippen LogP contribution in [0, 0.1) is 12.7 Å². The standard InChI is InChI=1S/C33H37F3N5O2P/c1-21(2)30(24-12-9-13-26(29(24)34)33(35,36)32(4,5)42)40-31-25-18-28(37-19-27(25)38-22(3)39-31)44(43)16-14-41(15-17-44)20-23-10-7-6-8-11-23/h6-13,18-19,30,42H,1,14-17,20H2,2-5H3,(H,38,39,40)/t30-/m1/s1. The van der Waals surface area contributed by atoms with Crippen LogP contribution in [0.25, 0.3) is 10.9 Å². The zero-order valence-corrected chi connectivity index (χ0v) is 26.2. The van der Waals surface area contributed by atoms with Gasteiger partial charge < -0.3 is 15.0 Å². The third kappa shape index (κ3) is 6.29. The lowest BCUT2D eigenvalue weighted by Gasteiger charge is -2.32. The summed E-state index contributed by atoms with van der Waals surface area (Å²) in [4.78, 5) is 15.9. The van der Waals surface area contributed by atoms with Gasteiger partial charge in [-0.05, 0) is 45.4 Å². The lowest BCUT2D eigenvalue weighted by molar-refractivity contribution is -0.170. The van der Waals surface area contributed by atoms with Crippen molar-refractivity contribution in [3.63, 3.8) is 0 Å². The smallest absolute Gasteiger partial charge is 0.303 e. The highest BCUT2D eigenvalue weighted by Crippen LogP contribution is 2.47. The van der Waals surface area contributed by atoms with E-state index in [1.807, 2.05) is 18.2 Å². The Hall–Kier alpha value is -3.59. The first-order valence-corrected chi connectivity index (χ1v) is 16.6. The quantitative estimate of drug-likeness (QED) is 0.161. The van der Waals surface area contributed by atoms with Crippen molar-refractivity contribution >= 4 is 29.3 Å². The second-order valence-corrected chi connectivity index (χ2v) is 15.2. The molecule has 11 heteroatoms. The molecule has 232 valence electrons. The SMILES string of the molecule is C=C(C)[C@@H](Nc1nc(C)nc2cnc(P3(=O)CCN(Cc4ccccc4)CC3)cc12)c1cccc(C(F)(F)C(C)(C)O)c1F. The van der Waals surface area contributed by atoms with Gasteiger partial charge in [0.2, 0.25) is 0 Å². The normalized spacial score (nSPS) is 16.5. The van der Waals surface area contributed by atoms with Gasteiger partial charge in [0.25, 0.3) is 0 Å². The zero-order chi connectivity index (χ0) is 31.9. The van der Waals surface area contributed by atoms with E-state index in [0.29, 0.717) is 59.0 Å². The van der Waals surface area contributed by atoms with Gasteiger partial charge in [0.1, 0.15) is 35.6 Å². The number of nitrogens with one attached hydrogen (secondary N) is 1. The number of pyridine rings is 1. The first-order valence-electron chi connectivity index (χ1n) is 14.5. The predicted octanol–water partition coefficient (Wildman–Crippen LogP) is 6.57. The maximum absolute atomic E-state index is 15.8. The minimum absolute atomic E-state index is 0.0730. The van der Waals surface area contributed by atoms with Crippen molar-refractivity contribution in [2.45, 2.75) is 51.8 Å². The second-order valence-electron chi connectivity index (χ2n) is 12.0. The molecular formula is C33H37F3N5O2P. The molecule has 5 rings (SSSR count). The first-order chi connectivity index (χ1) is 20.7. The van der Waals surface area contributed by atoms with Gasteiger partial charge in [-0.2, -0.15) is 8.78 Å². The Kier molecular flexibility index (Phi) is 8.73. The predicted molar refractivity (Wildman–Crippen MR) is 169 cm³/mol. The fourth-order valence-corrected chi connectivity index (χ4v) is 8.00. The summed E-state index contributed by atoms with van der Waals surface area (Å²) in [6.07, 6.45) is 2.53. The van der Waals surface area contributed by atoms with E-state index >= 15 is 13.2 Å². The average molecular weight is 624 g/mol. The van der Waals surface area contributed by atoms with Crippen LogP contribution in [0.4, 0.5) is 19.0 Å². The van der Waals surface area contributed by atoms with E-state index in [4.69, 9.17) is 0 Å². The molecule has 0 saturated carbocycles. The van der Waals surface area contributed by atoms with Crippen LogP contribution in [0.2, 0.25) is 0 Å². The number of aryl methyl sites for hydroxylation is 1. The number of benzene rings is 2. The number of nitrogens with zero attached hydrogens (tertiary/aromatic N) is 4. The van der Waals surface area contributed by atoms with Crippen molar-refractivity contribution in [1.82, 2.24) is 19.9 Å². The molecule has 1 aliphatic heterocycles. The van der Waals surface area contributed by atoms with Crippen molar-refractivity contribution in [2.75, 3.05) is 30.7 Å². The Balaban J connectivity index is 1.47. The molecule has 1 aliphatic rings. The molecule has 1 fully saturated rings. The Labute approximate surface area is 255 Å². The largest absolute Gasteiger partial charge is 0.384 e. The molecule has 0 spiro atoms.